The van der Waals surface area contributed by atoms with Gasteiger partial charge >= 0.3 is 0 Å². The molecule has 3 heterocycles. The molecular formula is C26H26N3O6+. The first-order valence-electron chi connectivity index (χ1n) is 11.4. The largest absolute Gasteiger partial charge is 0.507 e. The van der Waals surface area contributed by atoms with Crippen LogP contribution in [0.2, 0.25) is 0 Å². The highest BCUT2D eigenvalue weighted by molar-refractivity contribution is 6.46. The molecule has 9 nitrogen and oxygen atoms in total. The average Bonchev–Trinajstić information content (AvgIpc) is 3.50. The second-order valence-electron chi connectivity index (χ2n) is 8.30. The number of aromatic nitrogens is 2. The minimum Gasteiger partial charge on any atom is -0.507 e. The van der Waals surface area contributed by atoms with E-state index in [0.29, 0.717) is 61.1 Å². The van der Waals surface area contributed by atoms with Crippen molar-refractivity contribution in [3.05, 3.63) is 77.9 Å². The van der Waals surface area contributed by atoms with Crippen molar-refractivity contribution in [2.75, 3.05) is 26.9 Å². The number of methoxy groups -OCH3 is 1. The average molecular weight is 477 g/mol. The summed E-state index contributed by atoms with van der Waals surface area (Å²) in [6.45, 7) is 1.82. The fourth-order valence-electron chi connectivity index (χ4n) is 4.56. The molecule has 2 aliphatic rings. The van der Waals surface area contributed by atoms with Gasteiger partial charge in [0.2, 0.25) is 6.33 Å². The molecule has 0 saturated carbocycles. The van der Waals surface area contributed by atoms with E-state index in [9.17, 15) is 14.7 Å². The second kappa shape index (κ2) is 9.54. The van der Waals surface area contributed by atoms with Gasteiger partial charge in [0.05, 0.1) is 25.3 Å². The van der Waals surface area contributed by atoms with Crippen LogP contribution in [0.15, 0.2) is 66.8 Å². The first-order chi connectivity index (χ1) is 17.1. The topological polar surface area (TPSA) is 105 Å². The Kier molecular flexibility index (Phi) is 6.13. The summed E-state index contributed by atoms with van der Waals surface area (Å²) in [7, 11) is 1.54. The van der Waals surface area contributed by atoms with Crippen LogP contribution in [0.1, 0.15) is 23.6 Å². The van der Waals surface area contributed by atoms with E-state index in [1.54, 1.807) is 30.3 Å². The number of carbonyl (C=O) groups is 2. The van der Waals surface area contributed by atoms with Gasteiger partial charge in [0.25, 0.3) is 11.7 Å². The fraction of sp³-hybridized carbons (Fsp3) is 0.269. The zero-order valence-corrected chi connectivity index (χ0v) is 19.3. The lowest BCUT2D eigenvalue weighted by atomic mass is 9.94. The van der Waals surface area contributed by atoms with Gasteiger partial charge in [0.15, 0.2) is 11.5 Å². The number of Topliss-reactive ketones (excluding diaryl/α,β-unsaturated/α-hetero) is 1. The number of benzene rings is 2. The van der Waals surface area contributed by atoms with Gasteiger partial charge in [-0.05, 0) is 24.3 Å². The van der Waals surface area contributed by atoms with Gasteiger partial charge < -0.3 is 24.2 Å². The van der Waals surface area contributed by atoms with Gasteiger partial charge in [-0.2, -0.15) is 0 Å². The summed E-state index contributed by atoms with van der Waals surface area (Å²) >= 11 is 0. The number of likely N-dealkylation sites (tertiary alicyclic amines) is 1. The number of hydrogen-bond acceptors (Lipinski definition) is 6. The molecule has 3 aromatic rings. The summed E-state index contributed by atoms with van der Waals surface area (Å²) in [4.78, 5) is 31.0. The summed E-state index contributed by atoms with van der Waals surface area (Å²) in [6.07, 6.45) is 6.15. The third-order valence-corrected chi connectivity index (χ3v) is 6.21. The molecule has 180 valence electrons. The molecule has 5 rings (SSSR count). The SMILES string of the molecule is COc1ccccc1C1/C(=C(\O)c2ccc3c(c2)OCCO3)C(=O)C(=O)N1CCC[n+]1cc[nH]c1. The standard InChI is InChI=1S/C26H25N3O6/c1-33-19-6-3-2-5-18(19)23-22(24(30)17-7-8-20-21(15-17)35-14-13-34-20)25(31)26(32)29(23)11-4-10-28-12-9-27-16-28/h2-3,5-9,12,15-16,23H,4,10-11,13-14H2,1H3,(H,30,31)/p+1. The Morgan fingerprint density at radius 1 is 1.17 bits per heavy atom. The summed E-state index contributed by atoms with van der Waals surface area (Å²) in [6, 6.07) is 11.4. The van der Waals surface area contributed by atoms with Crippen molar-refractivity contribution in [2.24, 2.45) is 0 Å². The zero-order valence-electron chi connectivity index (χ0n) is 19.3. The van der Waals surface area contributed by atoms with Crippen molar-refractivity contribution < 1.29 is 33.5 Å². The van der Waals surface area contributed by atoms with Crippen LogP contribution >= 0.6 is 0 Å². The molecule has 0 aliphatic carbocycles. The minimum atomic E-state index is -0.796. The van der Waals surface area contributed by atoms with Crippen LogP contribution in [0.3, 0.4) is 0 Å². The number of aryl methyl sites for hydroxylation is 1. The monoisotopic (exact) mass is 476 g/mol. The smallest absolute Gasteiger partial charge is 0.295 e. The van der Waals surface area contributed by atoms with Gasteiger partial charge in [0, 0.05) is 24.1 Å². The number of aromatic amines is 1. The predicted molar refractivity (Wildman–Crippen MR) is 125 cm³/mol. The van der Waals surface area contributed by atoms with Crippen LogP contribution in [0, 0.1) is 0 Å². The second-order valence-corrected chi connectivity index (χ2v) is 8.30. The van der Waals surface area contributed by atoms with E-state index in [0.717, 1.165) is 0 Å². The lowest BCUT2D eigenvalue weighted by Crippen LogP contribution is -2.36. The molecule has 2 N–H and O–H groups in total. The quantitative estimate of drug-likeness (QED) is 0.235. The number of nitrogens with one attached hydrogen (secondary N) is 1. The van der Waals surface area contributed by atoms with Gasteiger partial charge in [-0.3, -0.25) is 14.6 Å². The molecular weight excluding hydrogens is 450 g/mol. The number of hydrogen-bond donors (Lipinski definition) is 2. The molecule has 0 spiro atoms. The van der Waals surface area contributed by atoms with Crippen molar-refractivity contribution in [2.45, 2.75) is 19.0 Å². The number of aliphatic hydroxyl groups is 1. The highest BCUT2D eigenvalue weighted by Crippen LogP contribution is 2.43. The van der Waals surface area contributed by atoms with E-state index in [1.807, 2.05) is 35.4 Å². The Morgan fingerprint density at radius 3 is 2.74 bits per heavy atom. The van der Waals surface area contributed by atoms with E-state index >= 15 is 0 Å². The molecule has 35 heavy (non-hydrogen) atoms. The zero-order chi connectivity index (χ0) is 24.4. The fourth-order valence-corrected chi connectivity index (χ4v) is 4.56. The molecule has 1 fully saturated rings. The number of rotatable bonds is 7. The van der Waals surface area contributed by atoms with Gasteiger partial charge in [-0.25, -0.2) is 4.57 Å². The van der Waals surface area contributed by atoms with Crippen LogP contribution in [-0.4, -0.2) is 53.5 Å². The first-order valence-corrected chi connectivity index (χ1v) is 11.4. The first kappa shape index (κ1) is 22.5. The van der Waals surface area contributed by atoms with E-state index in [1.165, 1.54) is 12.0 Å². The molecule has 2 aliphatic heterocycles. The molecule has 1 aromatic heterocycles. The molecule has 1 amide bonds. The van der Waals surface area contributed by atoms with E-state index < -0.39 is 17.7 Å². The maximum absolute atomic E-state index is 13.3. The number of para-hydroxylation sites is 1. The van der Waals surface area contributed by atoms with Crippen molar-refractivity contribution >= 4 is 17.4 Å². The van der Waals surface area contributed by atoms with E-state index in [4.69, 9.17) is 14.2 Å². The van der Waals surface area contributed by atoms with Crippen molar-refractivity contribution in [3.63, 3.8) is 0 Å². The van der Waals surface area contributed by atoms with Crippen molar-refractivity contribution in [1.29, 1.82) is 0 Å². The van der Waals surface area contributed by atoms with Crippen LogP contribution in [0.25, 0.3) is 5.76 Å². The molecule has 9 heteroatoms. The number of carbonyl (C=O) groups excluding carboxylic acids is 2. The van der Waals surface area contributed by atoms with Crippen molar-refractivity contribution in [1.82, 2.24) is 9.88 Å². The minimum absolute atomic E-state index is 0.0190. The van der Waals surface area contributed by atoms with E-state index in [-0.39, 0.29) is 11.3 Å². The van der Waals surface area contributed by atoms with Gasteiger partial charge in [-0.15, -0.1) is 0 Å². The molecule has 0 radical (unpaired) electrons. The Labute approximate surface area is 202 Å². The Balaban J connectivity index is 1.56. The maximum Gasteiger partial charge on any atom is 0.295 e. The van der Waals surface area contributed by atoms with Gasteiger partial charge in [0.1, 0.15) is 37.1 Å². The summed E-state index contributed by atoms with van der Waals surface area (Å²) in [5.74, 6) is -0.0819. The van der Waals surface area contributed by atoms with Crippen LogP contribution in [-0.2, 0) is 16.1 Å². The number of H-pyrrole nitrogens is 1. The third kappa shape index (κ3) is 4.21. The molecule has 1 unspecified atom stereocenters. The van der Waals surface area contributed by atoms with Gasteiger partial charge in [-0.1, -0.05) is 18.2 Å². The Bertz CT molecular complexity index is 1280. The molecule has 1 saturated heterocycles. The highest BCUT2D eigenvalue weighted by Gasteiger charge is 2.46. The van der Waals surface area contributed by atoms with Crippen molar-refractivity contribution in [3.8, 4) is 17.2 Å². The number of ketones is 1. The van der Waals surface area contributed by atoms with E-state index in [2.05, 4.69) is 4.98 Å². The molecule has 0 bridgehead atoms. The van der Waals surface area contributed by atoms with Crippen LogP contribution < -0.4 is 18.8 Å². The molecule has 2 aromatic carbocycles. The number of fused-ring (bicyclic) bond motifs is 1. The number of ether oxygens (including phenoxy) is 3. The predicted octanol–water partition coefficient (Wildman–Crippen LogP) is 2.59. The third-order valence-electron chi connectivity index (χ3n) is 6.21. The number of amides is 1. The Hall–Kier alpha value is -4.27. The summed E-state index contributed by atoms with van der Waals surface area (Å²) in [5.41, 5.74) is 1.02. The molecule has 1 atom stereocenters. The lowest BCUT2D eigenvalue weighted by molar-refractivity contribution is -0.695. The normalized spacial score (nSPS) is 18.7. The summed E-state index contributed by atoms with van der Waals surface area (Å²) < 4.78 is 18.7. The van der Waals surface area contributed by atoms with Crippen LogP contribution in [0.4, 0.5) is 0 Å². The number of imidazole rings is 1. The Morgan fingerprint density at radius 2 is 1.97 bits per heavy atom. The van der Waals surface area contributed by atoms with Crippen LogP contribution in [0.5, 0.6) is 17.2 Å². The number of nitrogens with zero attached hydrogens (tertiary/aromatic N) is 2. The highest BCUT2D eigenvalue weighted by atomic mass is 16.6. The summed E-state index contributed by atoms with van der Waals surface area (Å²) in [5, 5.41) is 11.3. The number of aliphatic hydroxyl groups excluding tert-OH is 1. The lowest BCUT2D eigenvalue weighted by Gasteiger charge is -2.26. The maximum atomic E-state index is 13.3.